The average molecular weight is 473 g/mol. The Morgan fingerprint density at radius 3 is 2.47 bits per heavy atom. The average Bonchev–Trinajstić information content (AvgIpc) is 3.27. The van der Waals surface area contributed by atoms with Crippen LogP contribution in [0, 0.1) is 11.3 Å². The van der Waals surface area contributed by atoms with Crippen LogP contribution in [0.5, 0.6) is 0 Å². The molecule has 172 valence electrons. The summed E-state index contributed by atoms with van der Waals surface area (Å²) in [5.41, 5.74) is 2.67. The summed E-state index contributed by atoms with van der Waals surface area (Å²) in [5.74, 6) is 1.58. The van der Waals surface area contributed by atoms with E-state index < -0.39 is 0 Å². The van der Waals surface area contributed by atoms with Crippen LogP contribution in [0.1, 0.15) is 11.1 Å². The van der Waals surface area contributed by atoms with Crippen LogP contribution < -0.4 is 9.80 Å². The second kappa shape index (κ2) is 9.10. The Hall–Kier alpha value is -3.39. The molecule has 0 radical (unpaired) electrons. The van der Waals surface area contributed by atoms with Gasteiger partial charge in [-0.05, 0) is 16.8 Å². The molecule has 0 saturated carbocycles. The van der Waals surface area contributed by atoms with E-state index in [-0.39, 0.29) is 0 Å². The molecule has 0 spiro atoms. The first-order valence-electron chi connectivity index (χ1n) is 11.5. The maximum Gasteiger partial charge on any atom is 0.172 e. The van der Waals surface area contributed by atoms with E-state index in [2.05, 4.69) is 60.4 Å². The van der Waals surface area contributed by atoms with E-state index in [9.17, 15) is 5.26 Å². The van der Waals surface area contributed by atoms with Crippen molar-refractivity contribution in [2.75, 3.05) is 62.3 Å². The van der Waals surface area contributed by atoms with Crippen LogP contribution in [-0.4, -0.2) is 77.8 Å². The Bertz CT molecular complexity index is 1350. The number of fused-ring (bicyclic) bond motifs is 3. The summed E-state index contributed by atoms with van der Waals surface area (Å²) in [4.78, 5) is 12.7. The van der Waals surface area contributed by atoms with Crippen LogP contribution in [0.4, 0.5) is 11.6 Å². The number of anilines is 2. The zero-order valence-corrected chi connectivity index (χ0v) is 19.5. The molecule has 0 bridgehead atoms. The summed E-state index contributed by atoms with van der Waals surface area (Å²) in [6, 6.07) is 14.8. The number of nitriles is 1. The summed E-state index contributed by atoms with van der Waals surface area (Å²) in [5, 5.41) is 23.5. The van der Waals surface area contributed by atoms with Crippen LogP contribution in [0.15, 0.2) is 36.4 Å². The third-order valence-corrected chi connectivity index (χ3v) is 7.56. The number of hydrogen-bond donors (Lipinski definition) is 0. The molecule has 0 atom stereocenters. The van der Waals surface area contributed by atoms with Crippen molar-refractivity contribution in [3.05, 3.63) is 47.5 Å². The fourth-order valence-electron chi connectivity index (χ4n) is 4.67. The van der Waals surface area contributed by atoms with E-state index in [1.807, 2.05) is 12.1 Å². The van der Waals surface area contributed by atoms with Crippen molar-refractivity contribution in [3.63, 3.8) is 0 Å². The van der Waals surface area contributed by atoms with Crippen LogP contribution in [0.2, 0.25) is 0 Å². The van der Waals surface area contributed by atoms with Crippen molar-refractivity contribution >= 4 is 43.4 Å². The largest absolute Gasteiger partial charge is 0.378 e. The van der Waals surface area contributed by atoms with Gasteiger partial charge in [-0.3, -0.25) is 4.90 Å². The molecule has 0 N–H and O–H groups in total. The lowest BCUT2D eigenvalue weighted by atomic mass is 10.1. The number of nitrogens with zero attached hydrogens (tertiary/aromatic N) is 8. The van der Waals surface area contributed by atoms with Gasteiger partial charge in [0.15, 0.2) is 5.82 Å². The van der Waals surface area contributed by atoms with Crippen molar-refractivity contribution in [2.24, 2.45) is 0 Å². The molecule has 9 nitrogen and oxygen atoms in total. The van der Waals surface area contributed by atoms with Gasteiger partial charge in [0.1, 0.15) is 26.9 Å². The minimum atomic E-state index is 0.579. The van der Waals surface area contributed by atoms with Gasteiger partial charge < -0.3 is 14.5 Å². The number of pyridine rings is 1. The summed E-state index contributed by atoms with van der Waals surface area (Å²) >= 11 is 1.58. The van der Waals surface area contributed by atoms with Crippen molar-refractivity contribution in [2.45, 2.75) is 6.54 Å². The molecule has 2 aliphatic heterocycles. The monoisotopic (exact) mass is 472 g/mol. The first-order valence-corrected chi connectivity index (χ1v) is 12.3. The zero-order chi connectivity index (χ0) is 22.9. The lowest BCUT2D eigenvalue weighted by Gasteiger charge is -2.35. The number of ether oxygens (including phenoxy) is 1. The minimum absolute atomic E-state index is 0.579. The molecule has 2 fully saturated rings. The van der Waals surface area contributed by atoms with Gasteiger partial charge in [0.2, 0.25) is 0 Å². The van der Waals surface area contributed by atoms with Gasteiger partial charge >= 0.3 is 0 Å². The number of piperazine rings is 1. The molecule has 0 unspecified atom stereocenters. The second-order valence-corrected chi connectivity index (χ2v) is 9.56. The molecule has 0 amide bonds. The molecule has 6 rings (SSSR count). The molecule has 2 aliphatic rings. The standard InChI is InChI=1S/C24H24N8OS/c25-15-18-14-19-20-21(23(28-29-27-20)32-10-12-33-13-11-32)34-24(19)26-22(18)31-8-6-30(7-9-31)16-17-4-2-1-3-5-17/h1-5,14H,6-13,16H2. The number of morpholine rings is 1. The Balaban J connectivity index is 1.29. The Morgan fingerprint density at radius 1 is 0.941 bits per heavy atom. The van der Waals surface area contributed by atoms with Gasteiger partial charge in [-0.15, -0.1) is 21.5 Å². The van der Waals surface area contributed by atoms with Gasteiger partial charge in [0, 0.05) is 51.2 Å². The molecular formula is C24H24N8OS. The maximum atomic E-state index is 9.93. The lowest BCUT2D eigenvalue weighted by molar-refractivity contribution is 0.122. The molecule has 10 heteroatoms. The van der Waals surface area contributed by atoms with Crippen molar-refractivity contribution < 1.29 is 4.74 Å². The Morgan fingerprint density at radius 2 is 1.71 bits per heavy atom. The Kier molecular flexibility index (Phi) is 5.66. The first kappa shape index (κ1) is 21.2. The van der Waals surface area contributed by atoms with Gasteiger partial charge in [-0.1, -0.05) is 30.3 Å². The smallest absolute Gasteiger partial charge is 0.172 e. The molecular weight excluding hydrogens is 448 g/mol. The van der Waals surface area contributed by atoms with E-state index in [0.717, 1.165) is 77.9 Å². The van der Waals surface area contributed by atoms with Gasteiger partial charge in [0.05, 0.1) is 18.8 Å². The topological polar surface area (TPSA) is 94.3 Å². The zero-order valence-electron chi connectivity index (χ0n) is 18.7. The number of hydrogen-bond acceptors (Lipinski definition) is 10. The molecule has 4 aromatic rings. The third-order valence-electron chi connectivity index (χ3n) is 6.48. The van der Waals surface area contributed by atoms with Crippen LogP contribution >= 0.6 is 11.3 Å². The maximum absolute atomic E-state index is 9.93. The molecule has 5 heterocycles. The van der Waals surface area contributed by atoms with E-state index in [4.69, 9.17) is 9.72 Å². The van der Waals surface area contributed by atoms with E-state index in [1.165, 1.54) is 5.56 Å². The predicted octanol–water partition coefficient (Wildman–Crippen LogP) is 2.66. The number of thiophene rings is 1. The van der Waals surface area contributed by atoms with E-state index in [0.29, 0.717) is 18.8 Å². The molecule has 0 aliphatic carbocycles. The quantitative estimate of drug-likeness (QED) is 0.444. The van der Waals surface area contributed by atoms with Crippen LogP contribution in [0.25, 0.3) is 20.4 Å². The predicted molar refractivity (Wildman–Crippen MR) is 132 cm³/mol. The fraction of sp³-hybridized carbons (Fsp3) is 0.375. The van der Waals surface area contributed by atoms with E-state index >= 15 is 0 Å². The van der Waals surface area contributed by atoms with Crippen molar-refractivity contribution in [1.29, 1.82) is 5.26 Å². The molecule has 3 aromatic heterocycles. The molecule has 34 heavy (non-hydrogen) atoms. The van der Waals surface area contributed by atoms with Crippen LogP contribution in [0.3, 0.4) is 0 Å². The normalized spacial score (nSPS) is 17.4. The lowest BCUT2D eigenvalue weighted by Crippen LogP contribution is -2.46. The van der Waals surface area contributed by atoms with Crippen molar-refractivity contribution in [1.82, 2.24) is 25.3 Å². The summed E-state index contributed by atoms with van der Waals surface area (Å²) in [7, 11) is 0. The minimum Gasteiger partial charge on any atom is -0.378 e. The van der Waals surface area contributed by atoms with E-state index in [1.54, 1.807) is 11.3 Å². The molecule has 2 saturated heterocycles. The second-order valence-electron chi connectivity index (χ2n) is 8.57. The van der Waals surface area contributed by atoms with Crippen LogP contribution in [-0.2, 0) is 11.3 Å². The highest BCUT2D eigenvalue weighted by Gasteiger charge is 2.24. The highest BCUT2D eigenvalue weighted by Crippen LogP contribution is 2.38. The Labute approximate surface area is 201 Å². The third kappa shape index (κ3) is 3.92. The highest BCUT2D eigenvalue weighted by atomic mass is 32.1. The first-order chi connectivity index (χ1) is 16.8. The van der Waals surface area contributed by atoms with Gasteiger partial charge in [-0.25, -0.2) is 4.98 Å². The number of rotatable bonds is 4. The summed E-state index contributed by atoms with van der Waals surface area (Å²) in [6.45, 7) is 7.39. The fourth-order valence-corrected chi connectivity index (χ4v) is 5.77. The SMILES string of the molecule is N#Cc1cc2c(nc1N1CCN(Cc3ccccc3)CC1)sc1c(N3CCOCC3)nnnc12. The van der Waals surface area contributed by atoms with Gasteiger partial charge in [0.25, 0.3) is 0 Å². The molecule has 1 aromatic carbocycles. The van der Waals surface area contributed by atoms with Gasteiger partial charge in [-0.2, -0.15) is 5.26 Å². The highest BCUT2D eigenvalue weighted by molar-refractivity contribution is 7.26. The number of aromatic nitrogens is 4. The summed E-state index contributed by atoms with van der Waals surface area (Å²) in [6.07, 6.45) is 0. The number of benzene rings is 1. The summed E-state index contributed by atoms with van der Waals surface area (Å²) < 4.78 is 6.45. The van der Waals surface area contributed by atoms with Crippen molar-refractivity contribution in [3.8, 4) is 6.07 Å².